The van der Waals surface area contributed by atoms with E-state index >= 15 is 0 Å². The quantitative estimate of drug-likeness (QED) is 0.663. The smallest absolute Gasteiger partial charge is 0.279 e. The van der Waals surface area contributed by atoms with Crippen LogP contribution < -0.4 is 4.80 Å². The number of aryl methyl sites for hydroxylation is 2. The zero-order chi connectivity index (χ0) is 19.1. The van der Waals surface area contributed by atoms with Gasteiger partial charge in [-0.05, 0) is 48.9 Å². The summed E-state index contributed by atoms with van der Waals surface area (Å²) >= 11 is 7.48. The highest BCUT2D eigenvalue weighted by Gasteiger charge is 2.13. The predicted octanol–water partition coefficient (Wildman–Crippen LogP) is 3.74. The predicted molar refractivity (Wildman–Crippen MR) is 105 cm³/mol. The van der Waals surface area contributed by atoms with Crippen LogP contribution in [0.1, 0.15) is 22.8 Å². The molecule has 26 heavy (non-hydrogen) atoms. The van der Waals surface area contributed by atoms with Gasteiger partial charge in [0.2, 0.25) is 0 Å². The molecule has 0 saturated heterocycles. The van der Waals surface area contributed by atoms with Crippen LogP contribution in [-0.4, -0.2) is 24.6 Å². The molecule has 1 amide bonds. The number of halogens is 1. The van der Waals surface area contributed by atoms with Crippen molar-refractivity contribution < 1.29 is 13.2 Å². The summed E-state index contributed by atoms with van der Waals surface area (Å²) in [5.41, 5.74) is 2.33. The number of fused-ring (bicyclic) bond motifs is 1. The number of benzene rings is 2. The first-order valence-electron chi connectivity index (χ1n) is 7.90. The molecular formula is C18H17ClN2O3S2. The van der Waals surface area contributed by atoms with Crippen LogP contribution >= 0.6 is 22.9 Å². The Balaban J connectivity index is 2.03. The topological polar surface area (TPSA) is 68.5 Å². The van der Waals surface area contributed by atoms with E-state index < -0.39 is 15.7 Å². The molecule has 0 radical (unpaired) electrons. The van der Waals surface area contributed by atoms with Crippen LogP contribution in [0, 0.1) is 6.92 Å². The SMILES string of the molecule is CCS(=O)(=O)c1ccc(C(=O)N=c2sc3cc(Cl)cc(C)c3n2C)cc1. The van der Waals surface area contributed by atoms with Crippen LogP contribution in [-0.2, 0) is 16.9 Å². The third kappa shape index (κ3) is 3.47. The Kier molecular flexibility index (Phi) is 5.05. The van der Waals surface area contributed by atoms with Gasteiger partial charge in [0.05, 0.1) is 20.9 Å². The van der Waals surface area contributed by atoms with Crippen molar-refractivity contribution in [2.24, 2.45) is 12.0 Å². The summed E-state index contributed by atoms with van der Waals surface area (Å²) in [6.07, 6.45) is 0. The van der Waals surface area contributed by atoms with Gasteiger partial charge in [0.15, 0.2) is 14.6 Å². The Morgan fingerprint density at radius 1 is 1.23 bits per heavy atom. The number of amides is 1. The first-order chi connectivity index (χ1) is 12.2. The number of sulfone groups is 1. The Labute approximate surface area is 160 Å². The summed E-state index contributed by atoms with van der Waals surface area (Å²) in [6.45, 7) is 3.54. The van der Waals surface area contributed by atoms with Crippen molar-refractivity contribution in [2.75, 3.05) is 5.75 Å². The second-order valence-electron chi connectivity index (χ2n) is 5.86. The molecule has 1 heterocycles. The summed E-state index contributed by atoms with van der Waals surface area (Å²) in [6, 6.07) is 9.58. The van der Waals surface area contributed by atoms with Crippen LogP contribution in [0.25, 0.3) is 10.2 Å². The van der Waals surface area contributed by atoms with Gasteiger partial charge in [-0.15, -0.1) is 0 Å². The molecule has 0 aliphatic carbocycles. The molecule has 0 fully saturated rings. The van der Waals surface area contributed by atoms with Crippen LogP contribution in [0.4, 0.5) is 0 Å². The molecule has 0 atom stereocenters. The molecule has 136 valence electrons. The normalized spacial score (nSPS) is 12.7. The van der Waals surface area contributed by atoms with Crippen molar-refractivity contribution >= 4 is 48.9 Å². The van der Waals surface area contributed by atoms with Crippen molar-refractivity contribution in [3.63, 3.8) is 0 Å². The average Bonchev–Trinajstić information content (AvgIpc) is 2.90. The van der Waals surface area contributed by atoms with Crippen molar-refractivity contribution in [1.29, 1.82) is 0 Å². The average molecular weight is 409 g/mol. The molecule has 0 unspecified atom stereocenters. The lowest BCUT2D eigenvalue weighted by Gasteiger charge is -2.02. The lowest BCUT2D eigenvalue weighted by Crippen LogP contribution is -2.13. The number of carbonyl (C=O) groups is 1. The number of nitrogens with zero attached hydrogens (tertiary/aromatic N) is 2. The van der Waals surface area contributed by atoms with E-state index in [4.69, 9.17) is 11.6 Å². The molecule has 3 aromatic rings. The van der Waals surface area contributed by atoms with Gasteiger partial charge in [0.25, 0.3) is 5.91 Å². The van der Waals surface area contributed by atoms with Gasteiger partial charge in [-0.1, -0.05) is 29.9 Å². The fourth-order valence-corrected chi connectivity index (χ4v) is 5.05. The number of carbonyl (C=O) groups excluding carboxylic acids is 1. The summed E-state index contributed by atoms with van der Waals surface area (Å²) in [4.78, 5) is 17.4. The third-order valence-electron chi connectivity index (χ3n) is 4.09. The first kappa shape index (κ1) is 18.8. The zero-order valence-corrected chi connectivity index (χ0v) is 16.9. The zero-order valence-electron chi connectivity index (χ0n) is 14.5. The summed E-state index contributed by atoms with van der Waals surface area (Å²) in [5.74, 6) is -0.402. The van der Waals surface area contributed by atoms with E-state index in [-0.39, 0.29) is 10.6 Å². The molecule has 0 N–H and O–H groups in total. The minimum atomic E-state index is -3.29. The maximum absolute atomic E-state index is 12.5. The monoisotopic (exact) mass is 408 g/mol. The van der Waals surface area contributed by atoms with Gasteiger partial charge in [-0.2, -0.15) is 4.99 Å². The molecule has 1 aromatic heterocycles. The highest BCUT2D eigenvalue weighted by molar-refractivity contribution is 7.91. The molecule has 0 saturated carbocycles. The maximum atomic E-state index is 12.5. The Bertz CT molecular complexity index is 1170. The van der Waals surface area contributed by atoms with Crippen LogP contribution in [0.5, 0.6) is 0 Å². The standard InChI is InChI=1S/C18H17ClN2O3S2/c1-4-26(23,24)14-7-5-12(6-8-14)17(22)20-18-21(3)16-11(2)9-13(19)10-15(16)25-18/h5-10H,4H2,1-3H3. The Morgan fingerprint density at radius 2 is 1.88 bits per heavy atom. The lowest BCUT2D eigenvalue weighted by molar-refractivity contribution is 0.0998. The molecule has 0 bridgehead atoms. The number of aromatic nitrogens is 1. The third-order valence-corrected chi connectivity index (χ3v) is 7.14. The van der Waals surface area contributed by atoms with Gasteiger partial charge >= 0.3 is 0 Å². The second kappa shape index (κ2) is 6.98. The van der Waals surface area contributed by atoms with E-state index in [1.165, 1.54) is 35.6 Å². The summed E-state index contributed by atoms with van der Waals surface area (Å²) in [7, 11) is -1.44. The van der Waals surface area contributed by atoms with Crippen LogP contribution in [0.3, 0.4) is 0 Å². The minimum Gasteiger partial charge on any atom is -0.319 e. The Morgan fingerprint density at radius 3 is 2.50 bits per heavy atom. The van der Waals surface area contributed by atoms with E-state index in [2.05, 4.69) is 4.99 Å². The van der Waals surface area contributed by atoms with Gasteiger partial charge in [0.1, 0.15) is 0 Å². The van der Waals surface area contributed by atoms with Crippen LogP contribution in [0.2, 0.25) is 5.02 Å². The number of thiazole rings is 1. The molecule has 0 spiro atoms. The first-order valence-corrected chi connectivity index (χ1v) is 10.7. The van der Waals surface area contributed by atoms with Crippen molar-refractivity contribution in [3.8, 4) is 0 Å². The van der Waals surface area contributed by atoms with Crippen molar-refractivity contribution in [1.82, 2.24) is 4.57 Å². The highest BCUT2D eigenvalue weighted by atomic mass is 35.5. The lowest BCUT2D eigenvalue weighted by atomic mass is 10.2. The van der Waals surface area contributed by atoms with Gasteiger partial charge in [-0.3, -0.25) is 4.79 Å². The van der Waals surface area contributed by atoms with E-state index in [1.807, 2.05) is 30.7 Å². The van der Waals surface area contributed by atoms with Gasteiger partial charge < -0.3 is 4.57 Å². The van der Waals surface area contributed by atoms with E-state index in [0.29, 0.717) is 15.4 Å². The fraction of sp³-hybridized carbons (Fsp3) is 0.222. The molecule has 0 aliphatic heterocycles. The largest absolute Gasteiger partial charge is 0.319 e. The van der Waals surface area contributed by atoms with E-state index in [9.17, 15) is 13.2 Å². The maximum Gasteiger partial charge on any atom is 0.279 e. The second-order valence-corrected chi connectivity index (χ2v) is 9.58. The fourth-order valence-electron chi connectivity index (χ4n) is 2.70. The van der Waals surface area contributed by atoms with E-state index in [0.717, 1.165) is 15.8 Å². The number of hydrogen-bond donors (Lipinski definition) is 0. The summed E-state index contributed by atoms with van der Waals surface area (Å²) < 4.78 is 26.5. The molecular weight excluding hydrogens is 392 g/mol. The van der Waals surface area contributed by atoms with Gasteiger partial charge in [0, 0.05) is 17.6 Å². The van der Waals surface area contributed by atoms with Crippen LogP contribution in [0.15, 0.2) is 46.3 Å². The minimum absolute atomic E-state index is 0.0181. The summed E-state index contributed by atoms with van der Waals surface area (Å²) in [5, 5.41) is 0.641. The molecule has 8 heteroatoms. The molecule has 2 aromatic carbocycles. The van der Waals surface area contributed by atoms with Crippen molar-refractivity contribution in [2.45, 2.75) is 18.7 Å². The Hall–Kier alpha value is -1.96. The van der Waals surface area contributed by atoms with Gasteiger partial charge in [-0.25, -0.2) is 8.42 Å². The molecule has 5 nitrogen and oxygen atoms in total. The van der Waals surface area contributed by atoms with Crippen molar-refractivity contribution in [3.05, 3.63) is 57.3 Å². The van der Waals surface area contributed by atoms with E-state index in [1.54, 1.807) is 6.92 Å². The molecule has 0 aliphatic rings. The number of hydrogen-bond acceptors (Lipinski definition) is 4. The molecule has 3 rings (SSSR count). The highest BCUT2D eigenvalue weighted by Crippen LogP contribution is 2.25. The number of rotatable bonds is 3.